The summed E-state index contributed by atoms with van der Waals surface area (Å²) in [7, 11) is -3.39. The molecule has 0 aliphatic rings. The van der Waals surface area contributed by atoms with E-state index in [0.29, 0.717) is 16.3 Å². The smallest absolute Gasteiger partial charge is 0.257 e. The summed E-state index contributed by atoms with van der Waals surface area (Å²) in [4.78, 5) is 22.2. The standard InChI is InChI=1S/C29H25N3O3S2/c1-29(2,37(3,34)35)23-16-21-13-8-14-30-26(21)24(17-23)20-11-7-12-22(15-20)27(33)32-28-31-25(18-36-28)19-9-5-4-6-10-19/h4-18H,1-3H3,(H,31,32,33). The number of carbonyl (C=O) groups is 1. The van der Waals surface area contributed by atoms with Crippen molar-refractivity contribution in [3.05, 3.63) is 102 Å². The molecule has 1 N–H and O–H groups in total. The van der Waals surface area contributed by atoms with Crippen molar-refractivity contribution in [1.82, 2.24) is 9.97 Å². The molecule has 0 atom stereocenters. The van der Waals surface area contributed by atoms with E-state index >= 15 is 0 Å². The van der Waals surface area contributed by atoms with Gasteiger partial charge in [-0.1, -0.05) is 48.5 Å². The summed E-state index contributed by atoms with van der Waals surface area (Å²) in [6.07, 6.45) is 2.95. The van der Waals surface area contributed by atoms with E-state index in [-0.39, 0.29) is 5.91 Å². The van der Waals surface area contributed by atoms with Crippen LogP contribution in [0, 0.1) is 0 Å². The molecule has 0 saturated carbocycles. The number of hydrogen-bond acceptors (Lipinski definition) is 6. The predicted molar refractivity (Wildman–Crippen MR) is 151 cm³/mol. The first-order valence-electron chi connectivity index (χ1n) is 11.6. The molecule has 5 aromatic rings. The van der Waals surface area contributed by atoms with E-state index in [9.17, 15) is 13.2 Å². The molecule has 0 radical (unpaired) electrons. The molecule has 2 aromatic heterocycles. The summed E-state index contributed by atoms with van der Waals surface area (Å²) in [5, 5.41) is 6.15. The van der Waals surface area contributed by atoms with Crippen molar-refractivity contribution in [3.63, 3.8) is 0 Å². The van der Waals surface area contributed by atoms with Crippen LogP contribution in [0.2, 0.25) is 0 Å². The maximum absolute atomic E-state index is 13.1. The number of thiazole rings is 1. The van der Waals surface area contributed by atoms with Gasteiger partial charge in [0.05, 0.1) is 16.0 Å². The molecule has 0 bridgehead atoms. The average Bonchev–Trinajstić information content (AvgIpc) is 3.36. The van der Waals surface area contributed by atoms with Crippen LogP contribution in [0.4, 0.5) is 5.13 Å². The van der Waals surface area contributed by atoms with E-state index in [4.69, 9.17) is 0 Å². The second kappa shape index (κ2) is 9.53. The molecule has 0 aliphatic heterocycles. The third kappa shape index (κ3) is 4.90. The molecule has 37 heavy (non-hydrogen) atoms. The lowest BCUT2D eigenvalue weighted by molar-refractivity contribution is 0.102. The summed E-state index contributed by atoms with van der Waals surface area (Å²) in [5.41, 5.74) is 5.18. The Morgan fingerprint density at radius 1 is 0.919 bits per heavy atom. The van der Waals surface area contributed by atoms with Crippen LogP contribution >= 0.6 is 11.3 Å². The molecular weight excluding hydrogens is 502 g/mol. The number of hydrogen-bond donors (Lipinski definition) is 1. The van der Waals surface area contributed by atoms with Crippen molar-refractivity contribution in [3.8, 4) is 22.4 Å². The van der Waals surface area contributed by atoms with Gasteiger partial charge in [0, 0.05) is 39.9 Å². The summed E-state index contributed by atoms with van der Waals surface area (Å²) in [5.74, 6) is -0.277. The van der Waals surface area contributed by atoms with Crippen molar-refractivity contribution in [2.75, 3.05) is 11.6 Å². The van der Waals surface area contributed by atoms with Crippen molar-refractivity contribution >= 4 is 43.1 Å². The Bertz CT molecular complexity index is 1730. The molecule has 5 rings (SSSR count). The lowest BCUT2D eigenvalue weighted by Gasteiger charge is -2.24. The van der Waals surface area contributed by atoms with Gasteiger partial charge in [0.25, 0.3) is 5.91 Å². The van der Waals surface area contributed by atoms with Crippen LogP contribution in [0.5, 0.6) is 0 Å². The number of anilines is 1. The van der Waals surface area contributed by atoms with Gasteiger partial charge < -0.3 is 0 Å². The number of nitrogens with zero attached hydrogens (tertiary/aromatic N) is 2. The molecular formula is C29H25N3O3S2. The van der Waals surface area contributed by atoms with Gasteiger partial charge in [-0.05, 0) is 55.3 Å². The highest BCUT2D eigenvalue weighted by molar-refractivity contribution is 7.91. The van der Waals surface area contributed by atoms with Crippen molar-refractivity contribution in [2.45, 2.75) is 18.6 Å². The summed E-state index contributed by atoms with van der Waals surface area (Å²) in [6.45, 7) is 3.40. The lowest BCUT2D eigenvalue weighted by atomic mass is 9.93. The zero-order valence-corrected chi connectivity index (χ0v) is 22.2. The Morgan fingerprint density at radius 3 is 2.43 bits per heavy atom. The zero-order valence-electron chi connectivity index (χ0n) is 20.6. The average molecular weight is 528 g/mol. The summed E-state index contributed by atoms with van der Waals surface area (Å²) in [6, 6.07) is 24.5. The molecule has 1 amide bonds. The van der Waals surface area contributed by atoms with E-state index < -0.39 is 14.6 Å². The van der Waals surface area contributed by atoms with Gasteiger partial charge in [0.1, 0.15) is 0 Å². The number of carbonyl (C=O) groups excluding carboxylic acids is 1. The molecule has 0 spiro atoms. The normalized spacial score (nSPS) is 12.0. The molecule has 3 aromatic carbocycles. The number of benzene rings is 3. The van der Waals surface area contributed by atoms with Crippen LogP contribution in [0.25, 0.3) is 33.3 Å². The Morgan fingerprint density at radius 2 is 1.68 bits per heavy atom. The fourth-order valence-corrected chi connectivity index (χ4v) is 5.30. The van der Waals surface area contributed by atoms with Crippen LogP contribution in [-0.2, 0) is 14.6 Å². The topological polar surface area (TPSA) is 89.0 Å². The highest BCUT2D eigenvalue weighted by Gasteiger charge is 2.33. The Balaban J connectivity index is 1.51. The maximum atomic E-state index is 13.1. The third-order valence-electron chi connectivity index (χ3n) is 6.56. The SMILES string of the molecule is CC(C)(c1cc(-c2cccc(C(=O)Nc3nc(-c4ccccc4)cs3)c2)c2ncccc2c1)S(C)(=O)=O. The lowest BCUT2D eigenvalue weighted by Crippen LogP contribution is -2.28. The van der Waals surface area contributed by atoms with Gasteiger partial charge in [0.15, 0.2) is 15.0 Å². The molecule has 0 fully saturated rings. The molecule has 8 heteroatoms. The van der Waals surface area contributed by atoms with Gasteiger partial charge in [-0.2, -0.15) is 0 Å². The molecule has 0 aliphatic carbocycles. The van der Waals surface area contributed by atoms with E-state index in [2.05, 4.69) is 15.3 Å². The first kappa shape index (κ1) is 24.8. The van der Waals surface area contributed by atoms with E-state index in [0.717, 1.165) is 33.3 Å². The Labute approximate surface area is 220 Å². The summed E-state index contributed by atoms with van der Waals surface area (Å²) < 4.78 is 24.1. The highest BCUT2D eigenvalue weighted by atomic mass is 32.2. The van der Waals surface area contributed by atoms with Gasteiger partial charge in [0.2, 0.25) is 0 Å². The third-order valence-corrected chi connectivity index (χ3v) is 9.40. The van der Waals surface area contributed by atoms with Crippen molar-refractivity contribution in [2.24, 2.45) is 0 Å². The molecule has 0 unspecified atom stereocenters. The van der Waals surface area contributed by atoms with E-state index in [1.54, 1.807) is 32.2 Å². The Kier molecular flexibility index (Phi) is 6.39. The fraction of sp³-hybridized carbons (Fsp3) is 0.138. The van der Waals surface area contributed by atoms with Crippen molar-refractivity contribution in [1.29, 1.82) is 0 Å². The maximum Gasteiger partial charge on any atom is 0.257 e. The Hall–Kier alpha value is -3.88. The largest absolute Gasteiger partial charge is 0.298 e. The monoisotopic (exact) mass is 527 g/mol. The van der Waals surface area contributed by atoms with E-state index in [1.165, 1.54) is 17.6 Å². The number of sulfone groups is 1. The van der Waals surface area contributed by atoms with Gasteiger partial charge in [-0.15, -0.1) is 11.3 Å². The van der Waals surface area contributed by atoms with Gasteiger partial charge in [-0.3, -0.25) is 15.1 Å². The first-order chi connectivity index (χ1) is 17.6. The van der Waals surface area contributed by atoms with Crippen LogP contribution in [0.3, 0.4) is 0 Å². The minimum absolute atomic E-state index is 0.277. The zero-order chi connectivity index (χ0) is 26.2. The quantitative estimate of drug-likeness (QED) is 0.270. The predicted octanol–water partition coefficient (Wildman–Crippen LogP) is 6.56. The molecule has 2 heterocycles. The summed E-state index contributed by atoms with van der Waals surface area (Å²) >= 11 is 1.37. The van der Waals surface area contributed by atoms with Crippen LogP contribution in [0.15, 0.2) is 90.4 Å². The molecule has 0 saturated heterocycles. The van der Waals surface area contributed by atoms with Gasteiger partial charge in [-0.25, -0.2) is 13.4 Å². The second-order valence-corrected chi connectivity index (χ2v) is 12.7. The number of pyridine rings is 1. The fourth-order valence-electron chi connectivity index (χ4n) is 4.04. The van der Waals surface area contributed by atoms with Crippen molar-refractivity contribution < 1.29 is 13.2 Å². The first-order valence-corrected chi connectivity index (χ1v) is 14.4. The molecule has 6 nitrogen and oxygen atoms in total. The number of rotatable bonds is 6. The molecule has 186 valence electrons. The van der Waals surface area contributed by atoms with E-state index in [1.807, 2.05) is 72.1 Å². The number of amides is 1. The van der Waals surface area contributed by atoms with Crippen LogP contribution in [-0.4, -0.2) is 30.5 Å². The van der Waals surface area contributed by atoms with Gasteiger partial charge >= 0.3 is 0 Å². The minimum Gasteiger partial charge on any atom is -0.298 e. The minimum atomic E-state index is -3.39. The highest BCUT2D eigenvalue weighted by Crippen LogP contribution is 2.36. The second-order valence-electron chi connectivity index (χ2n) is 9.32. The number of fused-ring (bicyclic) bond motifs is 1. The number of nitrogens with one attached hydrogen (secondary N) is 1. The number of aromatic nitrogens is 2. The van der Waals surface area contributed by atoms with Crippen LogP contribution in [0.1, 0.15) is 29.8 Å². The van der Waals surface area contributed by atoms with Crippen LogP contribution < -0.4 is 5.32 Å².